The number of aliphatic carboxylic acids is 1. The van der Waals surface area contributed by atoms with E-state index < -0.39 is 21.4 Å². The highest BCUT2D eigenvalue weighted by molar-refractivity contribution is 7.89. The van der Waals surface area contributed by atoms with Gasteiger partial charge in [-0.2, -0.15) is 5.26 Å². The smallest absolute Gasteiger partial charge is 0.306 e. The van der Waals surface area contributed by atoms with Crippen LogP contribution in [0.1, 0.15) is 46.0 Å². The molecule has 0 unspecified atom stereocenters. The molecule has 0 amide bonds. The second-order valence-electron chi connectivity index (χ2n) is 6.26. The van der Waals surface area contributed by atoms with Crippen LogP contribution in [0.25, 0.3) is 0 Å². The zero-order valence-corrected chi connectivity index (χ0v) is 12.7. The van der Waals surface area contributed by atoms with Gasteiger partial charge in [-0.05, 0) is 31.1 Å². The van der Waals surface area contributed by atoms with Crippen LogP contribution >= 0.6 is 0 Å². The first-order valence-electron chi connectivity index (χ1n) is 6.75. The lowest BCUT2D eigenvalue weighted by Gasteiger charge is -2.28. The Kier molecular flexibility index (Phi) is 5.54. The molecule has 1 saturated carbocycles. The average Bonchev–Trinajstić information content (AvgIpc) is 2.26. The summed E-state index contributed by atoms with van der Waals surface area (Å²) < 4.78 is 26.8. The number of carboxylic acids is 1. The van der Waals surface area contributed by atoms with Crippen molar-refractivity contribution in [2.45, 2.75) is 52.0 Å². The van der Waals surface area contributed by atoms with Gasteiger partial charge < -0.3 is 5.11 Å². The van der Waals surface area contributed by atoms with Gasteiger partial charge in [0.05, 0.1) is 17.7 Å². The van der Waals surface area contributed by atoms with Gasteiger partial charge in [-0.3, -0.25) is 4.79 Å². The van der Waals surface area contributed by atoms with Gasteiger partial charge in [0.25, 0.3) is 0 Å². The number of nitrogens with one attached hydrogen (secondary N) is 1. The monoisotopic (exact) mass is 302 g/mol. The second kappa shape index (κ2) is 6.55. The molecule has 1 fully saturated rings. The maximum atomic E-state index is 12.1. The van der Waals surface area contributed by atoms with Crippen LogP contribution in [0.15, 0.2) is 0 Å². The molecule has 0 aromatic heterocycles. The number of nitriles is 1. The molecule has 0 spiro atoms. The molecule has 2 N–H and O–H groups in total. The Balaban J connectivity index is 2.52. The molecule has 6 nitrogen and oxygen atoms in total. The lowest BCUT2D eigenvalue weighted by Crippen LogP contribution is -2.42. The summed E-state index contributed by atoms with van der Waals surface area (Å²) in [6.45, 7) is 3.49. The zero-order chi connectivity index (χ0) is 15.4. The summed E-state index contributed by atoms with van der Waals surface area (Å²) in [5.41, 5.74) is -0.584. The average molecular weight is 302 g/mol. The first-order chi connectivity index (χ1) is 9.15. The summed E-state index contributed by atoms with van der Waals surface area (Å²) >= 11 is 0. The number of sulfonamides is 1. The Morgan fingerprint density at radius 1 is 1.35 bits per heavy atom. The minimum absolute atomic E-state index is 0.0909. The third kappa shape index (κ3) is 5.47. The maximum absolute atomic E-state index is 12.1. The fraction of sp³-hybridized carbons (Fsp3) is 0.846. The number of carboxylic acid groups (broad SMARTS) is 1. The van der Waals surface area contributed by atoms with Crippen LogP contribution in [0.5, 0.6) is 0 Å². The molecular formula is C13H22N2O4S. The number of nitrogens with zero attached hydrogens (tertiary/aromatic N) is 1. The van der Waals surface area contributed by atoms with Crippen LogP contribution in [-0.2, 0) is 14.8 Å². The van der Waals surface area contributed by atoms with Crippen molar-refractivity contribution < 1.29 is 18.3 Å². The van der Waals surface area contributed by atoms with Crippen LogP contribution in [-0.4, -0.2) is 31.3 Å². The van der Waals surface area contributed by atoms with Crippen LogP contribution in [0.2, 0.25) is 0 Å². The van der Waals surface area contributed by atoms with Gasteiger partial charge in [0.1, 0.15) is 0 Å². The van der Waals surface area contributed by atoms with Gasteiger partial charge in [0.2, 0.25) is 10.0 Å². The molecule has 1 rings (SSSR count). The number of hydrogen-bond acceptors (Lipinski definition) is 4. The molecule has 20 heavy (non-hydrogen) atoms. The topological polar surface area (TPSA) is 107 Å². The van der Waals surface area contributed by atoms with E-state index in [9.17, 15) is 13.2 Å². The van der Waals surface area contributed by atoms with E-state index >= 15 is 0 Å². The molecule has 0 atom stereocenters. The predicted octanol–water partition coefficient (Wildman–Crippen LogP) is 1.49. The van der Waals surface area contributed by atoms with E-state index in [1.54, 1.807) is 13.8 Å². The van der Waals surface area contributed by atoms with Crippen LogP contribution < -0.4 is 4.72 Å². The molecule has 0 radical (unpaired) electrons. The first-order valence-corrected chi connectivity index (χ1v) is 8.40. The minimum atomic E-state index is -3.45. The normalized spacial score (nSPS) is 24.1. The molecule has 0 aliphatic heterocycles. The third-order valence-electron chi connectivity index (χ3n) is 3.56. The van der Waals surface area contributed by atoms with Gasteiger partial charge >= 0.3 is 5.97 Å². The largest absolute Gasteiger partial charge is 0.481 e. The van der Waals surface area contributed by atoms with Crippen LogP contribution in [0, 0.1) is 22.7 Å². The van der Waals surface area contributed by atoms with E-state index in [1.165, 1.54) is 0 Å². The second-order valence-corrected chi connectivity index (χ2v) is 8.02. The van der Waals surface area contributed by atoms with E-state index in [2.05, 4.69) is 4.72 Å². The number of carbonyl (C=O) groups is 1. The van der Waals surface area contributed by atoms with Crippen molar-refractivity contribution in [1.29, 1.82) is 5.26 Å². The summed E-state index contributed by atoms with van der Waals surface area (Å²) in [6.07, 6.45) is 2.29. The van der Waals surface area contributed by atoms with E-state index in [4.69, 9.17) is 10.4 Å². The van der Waals surface area contributed by atoms with Gasteiger partial charge in [0.15, 0.2) is 0 Å². The molecular weight excluding hydrogens is 280 g/mol. The highest BCUT2D eigenvalue weighted by Gasteiger charge is 2.31. The molecule has 0 heterocycles. The molecule has 0 bridgehead atoms. The predicted molar refractivity (Wildman–Crippen MR) is 74.3 cm³/mol. The quantitative estimate of drug-likeness (QED) is 0.773. The molecule has 0 aromatic carbocycles. The fourth-order valence-corrected chi connectivity index (χ4v) is 4.49. The van der Waals surface area contributed by atoms with Crippen LogP contribution in [0.4, 0.5) is 0 Å². The van der Waals surface area contributed by atoms with E-state index in [0.717, 1.165) is 0 Å². The Morgan fingerprint density at radius 3 is 2.35 bits per heavy atom. The van der Waals surface area contributed by atoms with Gasteiger partial charge in [-0.15, -0.1) is 0 Å². The van der Waals surface area contributed by atoms with E-state index in [-0.39, 0.29) is 24.1 Å². The SMILES string of the molecule is CC(C)(CC#N)CS(=O)(=O)NC1CCC(C(=O)O)CC1. The lowest BCUT2D eigenvalue weighted by molar-refractivity contribution is -0.142. The molecule has 7 heteroatoms. The first kappa shape index (κ1) is 16.9. The highest BCUT2D eigenvalue weighted by Crippen LogP contribution is 2.26. The van der Waals surface area contributed by atoms with Crippen molar-refractivity contribution in [3.63, 3.8) is 0 Å². The molecule has 0 aromatic rings. The molecule has 1 aliphatic carbocycles. The summed E-state index contributed by atoms with van der Waals surface area (Å²) in [5.74, 6) is -1.25. The van der Waals surface area contributed by atoms with Crippen molar-refractivity contribution >= 4 is 16.0 Å². The van der Waals surface area contributed by atoms with Gasteiger partial charge in [-0.25, -0.2) is 13.1 Å². The summed E-state index contributed by atoms with van der Waals surface area (Å²) in [5, 5.41) is 17.6. The number of hydrogen-bond donors (Lipinski definition) is 2. The van der Waals surface area contributed by atoms with Crippen molar-refractivity contribution in [2.24, 2.45) is 11.3 Å². The molecule has 1 aliphatic rings. The summed E-state index contributed by atoms with van der Waals surface area (Å²) in [6, 6.07) is 1.81. The Labute approximate surface area is 120 Å². The summed E-state index contributed by atoms with van der Waals surface area (Å²) in [7, 11) is -3.45. The standard InChI is InChI=1S/C13H22N2O4S/c1-13(2,7-8-14)9-20(18,19)15-11-5-3-10(4-6-11)12(16)17/h10-11,15H,3-7,9H2,1-2H3,(H,16,17). The fourth-order valence-electron chi connectivity index (χ4n) is 2.53. The van der Waals surface area contributed by atoms with Gasteiger partial charge in [0, 0.05) is 12.5 Å². The summed E-state index contributed by atoms with van der Waals surface area (Å²) in [4.78, 5) is 10.8. The van der Waals surface area contributed by atoms with Crippen molar-refractivity contribution in [1.82, 2.24) is 4.72 Å². The Morgan fingerprint density at radius 2 is 1.90 bits per heavy atom. The van der Waals surface area contributed by atoms with Crippen LogP contribution in [0.3, 0.4) is 0 Å². The van der Waals surface area contributed by atoms with Crippen molar-refractivity contribution in [3.8, 4) is 6.07 Å². The lowest BCUT2D eigenvalue weighted by atomic mass is 9.87. The Bertz CT molecular complexity index is 485. The van der Waals surface area contributed by atoms with Crippen molar-refractivity contribution in [2.75, 3.05) is 5.75 Å². The maximum Gasteiger partial charge on any atom is 0.306 e. The molecule has 114 valence electrons. The highest BCUT2D eigenvalue weighted by atomic mass is 32.2. The minimum Gasteiger partial charge on any atom is -0.481 e. The number of rotatable bonds is 6. The van der Waals surface area contributed by atoms with Gasteiger partial charge in [-0.1, -0.05) is 13.8 Å². The van der Waals surface area contributed by atoms with E-state index in [1.807, 2.05) is 6.07 Å². The third-order valence-corrected chi connectivity index (χ3v) is 5.41. The van der Waals surface area contributed by atoms with Crippen molar-refractivity contribution in [3.05, 3.63) is 0 Å². The Hall–Kier alpha value is -1.13. The van der Waals surface area contributed by atoms with E-state index in [0.29, 0.717) is 25.7 Å². The zero-order valence-electron chi connectivity index (χ0n) is 11.9. The molecule has 0 saturated heterocycles.